The van der Waals surface area contributed by atoms with Crippen LogP contribution in [0.15, 0.2) is 10.7 Å². The van der Waals surface area contributed by atoms with Crippen LogP contribution in [0.5, 0.6) is 0 Å². The Morgan fingerprint density at radius 1 is 1.43 bits per heavy atom. The first-order valence-electron chi connectivity index (χ1n) is 7.83. The fraction of sp³-hybridized carbons (Fsp3) is 0.733. The van der Waals surface area contributed by atoms with Crippen molar-refractivity contribution in [3.63, 3.8) is 0 Å². The summed E-state index contributed by atoms with van der Waals surface area (Å²) in [6.07, 6.45) is 4.06. The molecule has 0 saturated carbocycles. The Morgan fingerprint density at radius 3 is 2.76 bits per heavy atom. The number of nitrogens with zero attached hydrogens (tertiary/aromatic N) is 2. The van der Waals surface area contributed by atoms with Gasteiger partial charge in [0.05, 0.1) is 6.04 Å². The zero-order valence-corrected chi connectivity index (χ0v) is 13.4. The van der Waals surface area contributed by atoms with Crippen LogP contribution >= 0.6 is 0 Å². The van der Waals surface area contributed by atoms with Gasteiger partial charge in [-0.05, 0) is 32.5 Å². The summed E-state index contributed by atoms with van der Waals surface area (Å²) in [6.45, 7) is 10.0. The monoisotopic (exact) mass is 296 g/mol. The van der Waals surface area contributed by atoms with Gasteiger partial charge in [-0.25, -0.2) is 4.98 Å². The Bertz CT molecular complexity index is 416. The second-order valence-electron chi connectivity index (χ2n) is 5.10. The molecule has 0 radical (unpaired) electrons. The van der Waals surface area contributed by atoms with Crippen LogP contribution in [0.1, 0.15) is 62.5 Å². The van der Waals surface area contributed by atoms with Gasteiger partial charge in [0.25, 0.3) is 5.91 Å². The highest BCUT2D eigenvalue weighted by Gasteiger charge is 2.16. The number of nitrogens with two attached hydrogens (primary N) is 1. The van der Waals surface area contributed by atoms with Crippen molar-refractivity contribution in [3.8, 4) is 0 Å². The van der Waals surface area contributed by atoms with E-state index in [1.165, 1.54) is 6.26 Å². The van der Waals surface area contributed by atoms with Crippen molar-refractivity contribution in [1.82, 2.24) is 15.2 Å². The number of oxazole rings is 1. The lowest BCUT2D eigenvalue weighted by Crippen LogP contribution is -2.30. The molecule has 6 heteroatoms. The molecule has 1 aromatic heterocycles. The van der Waals surface area contributed by atoms with Crippen LogP contribution in [0.2, 0.25) is 0 Å². The summed E-state index contributed by atoms with van der Waals surface area (Å²) in [5.41, 5.74) is 6.22. The molecule has 6 nitrogen and oxygen atoms in total. The summed E-state index contributed by atoms with van der Waals surface area (Å²) >= 11 is 0. The smallest absolute Gasteiger partial charge is 0.273 e. The van der Waals surface area contributed by atoms with E-state index in [4.69, 9.17) is 10.2 Å². The molecule has 1 atom stereocenters. The van der Waals surface area contributed by atoms with Gasteiger partial charge < -0.3 is 20.4 Å². The number of amides is 1. The van der Waals surface area contributed by atoms with E-state index in [9.17, 15) is 4.79 Å². The van der Waals surface area contributed by atoms with Crippen molar-refractivity contribution in [2.24, 2.45) is 5.73 Å². The summed E-state index contributed by atoms with van der Waals surface area (Å²) in [5, 5.41) is 2.86. The molecule has 120 valence electrons. The summed E-state index contributed by atoms with van der Waals surface area (Å²) in [6, 6.07) is -0.237. The van der Waals surface area contributed by atoms with Gasteiger partial charge in [-0.15, -0.1) is 0 Å². The molecule has 0 saturated heterocycles. The van der Waals surface area contributed by atoms with Crippen LogP contribution in [0, 0.1) is 0 Å². The molecule has 0 aliphatic rings. The fourth-order valence-electron chi connectivity index (χ4n) is 2.13. The van der Waals surface area contributed by atoms with Crippen LogP contribution in [0.3, 0.4) is 0 Å². The Balaban J connectivity index is 2.35. The second-order valence-corrected chi connectivity index (χ2v) is 5.10. The molecule has 1 unspecified atom stereocenters. The van der Waals surface area contributed by atoms with Gasteiger partial charge >= 0.3 is 0 Å². The maximum Gasteiger partial charge on any atom is 0.273 e. The van der Waals surface area contributed by atoms with Gasteiger partial charge in [-0.2, -0.15) is 0 Å². The predicted molar refractivity (Wildman–Crippen MR) is 83.1 cm³/mol. The third-order valence-corrected chi connectivity index (χ3v) is 3.50. The zero-order chi connectivity index (χ0) is 15.7. The van der Waals surface area contributed by atoms with Gasteiger partial charge in [0, 0.05) is 6.54 Å². The molecule has 0 aliphatic heterocycles. The number of carbonyl (C=O) groups excluding carboxylic acids is 1. The molecule has 0 fully saturated rings. The number of hydrogen-bond acceptors (Lipinski definition) is 5. The average molecular weight is 296 g/mol. The summed E-state index contributed by atoms with van der Waals surface area (Å²) < 4.78 is 5.27. The van der Waals surface area contributed by atoms with Gasteiger partial charge in [-0.1, -0.05) is 27.2 Å². The molecule has 3 N–H and O–H groups in total. The van der Waals surface area contributed by atoms with Crippen molar-refractivity contribution in [3.05, 3.63) is 17.8 Å². The molecular formula is C15H28N4O2. The van der Waals surface area contributed by atoms with Gasteiger partial charge in [-0.3, -0.25) is 4.79 Å². The predicted octanol–water partition coefficient (Wildman–Crippen LogP) is 1.94. The topological polar surface area (TPSA) is 84.4 Å². The molecule has 1 rings (SSSR count). The van der Waals surface area contributed by atoms with Crippen LogP contribution in [0.25, 0.3) is 0 Å². The van der Waals surface area contributed by atoms with E-state index in [0.717, 1.165) is 38.9 Å². The Kier molecular flexibility index (Phi) is 8.00. The van der Waals surface area contributed by atoms with E-state index in [1.54, 1.807) is 0 Å². The number of rotatable bonds is 10. The van der Waals surface area contributed by atoms with E-state index >= 15 is 0 Å². The maximum absolute atomic E-state index is 11.9. The number of carbonyl (C=O) groups is 1. The second kappa shape index (κ2) is 9.52. The lowest BCUT2D eigenvalue weighted by Gasteiger charge is -2.17. The highest BCUT2D eigenvalue weighted by molar-refractivity contribution is 5.91. The van der Waals surface area contributed by atoms with Crippen molar-refractivity contribution in [2.45, 2.75) is 46.1 Å². The summed E-state index contributed by atoms with van der Waals surface area (Å²) in [5.74, 6) is 0.235. The largest absolute Gasteiger partial charge is 0.446 e. The van der Waals surface area contributed by atoms with Gasteiger partial charge in [0.15, 0.2) is 5.69 Å². The Hall–Kier alpha value is -1.40. The molecule has 1 aromatic rings. The van der Waals surface area contributed by atoms with Crippen LogP contribution in [-0.4, -0.2) is 42.0 Å². The standard InChI is InChI=1S/C15H28N4O2/c1-4-8-12(16)15-18-13(11-21-15)14(20)17-9-7-10-19(5-2)6-3/h11-12H,4-10,16H2,1-3H3,(H,17,20). The Labute approximate surface area is 127 Å². The third-order valence-electron chi connectivity index (χ3n) is 3.50. The lowest BCUT2D eigenvalue weighted by atomic mass is 10.2. The van der Waals surface area contributed by atoms with Crippen LogP contribution in [-0.2, 0) is 0 Å². The zero-order valence-electron chi connectivity index (χ0n) is 13.4. The first kappa shape index (κ1) is 17.7. The normalized spacial score (nSPS) is 12.6. The Morgan fingerprint density at radius 2 is 2.14 bits per heavy atom. The molecule has 1 amide bonds. The first-order chi connectivity index (χ1) is 10.1. The fourth-order valence-corrected chi connectivity index (χ4v) is 2.13. The van der Waals surface area contributed by atoms with Crippen LogP contribution in [0.4, 0.5) is 0 Å². The number of hydrogen-bond donors (Lipinski definition) is 2. The minimum atomic E-state index is -0.237. The quantitative estimate of drug-likeness (QED) is 0.645. The molecule has 0 aliphatic carbocycles. The molecule has 21 heavy (non-hydrogen) atoms. The molecule has 0 aromatic carbocycles. The number of aromatic nitrogens is 1. The van der Waals surface area contributed by atoms with Gasteiger partial charge in [0.1, 0.15) is 6.26 Å². The summed E-state index contributed by atoms with van der Waals surface area (Å²) in [7, 11) is 0. The molecular weight excluding hydrogens is 268 g/mol. The molecule has 0 spiro atoms. The van der Waals surface area contributed by atoms with Crippen molar-refractivity contribution < 1.29 is 9.21 Å². The SMILES string of the molecule is CCCC(N)c1nc(C(=O)NCCCN(CC)CC)co1. The average Bonchev–Trinajstić information content (AvgIpc) is 2.97. The third kappa shape index (κ3) is 5.85. The van der Waals surface area contributed by atoms with Crippen molar-refractivity contribution in [1.29, 1.82) is 0 Å². The van der Waals surface area contributed by atoms with E-state index in [-0.39, 0.29) is 11.9 Å². The minimum absolute atomic E-state index is 0.201. The van der Waals surface area contributed by atoms with Gasteiger partial charge in [0.2, 0.25) is 5.89 Å². The van der Waals surface area contributed by atoms with E-state index < -0.39 is 0 Å². The van der Waals surface area contributed by atoms with E-state index in [2.05, 4.69) is 29.0 Å². The number of nitrogens with one attached hydrogen (secondary N) is 1. The lowest BCUT2D eigenvalue weighted by molar-refractivity contribution is 0.0947. The highest BCUT2D eigenvalue weighted by Crippen LogP contribution is 2.14. The van der Waals surface area contributed by atoms with Crippen molar-refractivity contribution in [2.75, 3.05) is 26.2 Å². The van der Waals surface area contributed by atoms with E-state index in [0.29, 0.717) is 18.1 Å². The molecule has 0 bridgehead atoms. The molecule has 1 heterocycles. The van der Waals surface area contributed by atoms with E-state index in [1.807, 2.05) is 6.92 Å². The minimum Gasteiger partial charge on any atom is -0.446 e. The highest BCUT2D eigenvalue weighted by atomic mass is 16.3. The van der Waals surface area contributed by atoms with Crippen molar-refractivity contribution >= 4 is 5.91 Å². The first-order valence-corrected chi connectivity index (χ1v) is 7.83. The maximum atomic E-state index is 11.9. The van der Waals surface area contributed by atoms with Crippen LogP contribution < -0.4 is 11.1 Å². The summed E-state index contributed by atoms with van der Waals surface area (Å²) in [4.78, 5) is 18.4.